The van der Waals surface area contributed by atoms with E-state index >= 15 is 0 Å². The molecule has 0 atom stereocenters. The zero-order valence-corrected chi connectivity index (χ0v) is 13.7. The molecule has 1 aliphatic rings. The fourth-order valence-electron chi connectivity index (χ4n) is 2.75. The number of nitro groups is 1. The number of likely N-dealkylation sites (tertiary alicyclic amines) is 1. The lowest BCUT2D eigenvalue weighted by atomic mass is 9.96. The van der Waals surface area contributed by atoms with Crippen LogP contribution in [0.4, 0.5) is 5.69 Å². The van der Waals surface area contributed by atoms with Crippen LogP contribution in [0.5, 0.6) is 0 Å². The summed E-state index contributed by atoms with van der Waals surface area (Å²) in [5.74, 6) is 0.493. The molecule has 1 aromatic rings. The first-order chi connectivity index (χ1) is 10.0. The average Bonchev–Trinajstić information content (AvgIpc) is 2.48. The molecular weight excluding hydrogens is 306 g/mol. The Morgan fingerprint density at radius 3 is 2.59 bits per heavy atom. The van der Waals surface area contributed by atoms with E-state index in [0.29, 0.717) is 30.1 Å². The van der Waals surface area contributed by atoms with E-state index in [4.69, 9.17) is 0 Å². The van der Waals surface area contributed by atoms with Gasteiger partial charge in [0.25, 0.3) is 11.6 Å². The van der Waals surface area contributed by atoms with Gasteiger partial charge in [0.2, 0.25) is 0 Å². The van der Waals surface area contributed by atoms with E-state index in [2.05, 4.69) is 5.32 Å². The molecule has 1 saturated heterocycles. The highest BCUT2D eigenvalue weighted by Gasteiger charge is 2.24. The van der Waals surface area contributed by atoms with E-state index in [1.807, 2.05) is 7.05 Å². The number of amides is 1. The van der Waals surface area contributed by atoms with Gasteiger partial charge in [-0.15, -0.1) is 12.4 Å². The van der Waals surface area contributed by atoms with E-state index in [0.717, 1.165) is 19.4 Å². The molecule has 0 saturated carbocycles. The number of nitrogens with zero attached hydrogens (tertiary/aromatic N) is 2. The van der Waals surface area contributed by atoms with E-state index in [-0.39, 0.29) is 24.0 Å². The summed E-state index contributed by atoms with van der Waals surface area (Å²) >= 11 is 0. The quantitative estimate of drug-likeness (QED) is 0.680. The molecule has 1 aromatic carbocycles. The normalized spacial score (nSPS) is 15.3. The third-order valence-corrected chi connectivity index (χ3v) is 4.05. The second-order valence-electron chi connectivity index (χ2n) is 5.55. The maximum atomic E-state index is 12.4. The first-order valence-electron chi connectivity index (χ1n) is 7.22. The van der Waals surface area contributed by atoms with Crippen molar-refractivity contribution in [2.45, 2.75) is 19.8 Å². The third kappa shape index (κ3) is 4.18. The van der Waals surface area contributed by atoms with Gasteiger partial charge in [-0.2, -0.15) is 0 Å². The largest absolute Gasteiger partial charge is 0.339 e. The average molecular weight is 328 g/mol. The maximum Gasteiger partial charge on any atom is 0.273 e. The molecule has 1 aliphatic heterocycles. The SMILES string of the molecule is CNCC1CCN(C(=O)c2ccc(C)c([N+](=O)[O-])c2)CC1.Cl. The summed E-state index contributed by atoms with van der Waals surface area (Å²) in [6, 6.07) is 4.70. The van der Waals surface area contributed by atoms with Crippen molar-refractivity contribution in [3.8, 4) is 0 Å². The van der Waals surface area contributed by atoms with E-state index in [1.54, 1.807) is 24.0 Å². The Labute approximate surface area is 136 Å². The summed E-state index contributed by atoms with van der Waals surface area (Å²) in [4.78, 5) is 24.8. The minimum Gasteiger partial charge on any atom is -0.339 e. The molecule has 0 aliphatic carbocycles. The van der Waals surface area contributed by atoms with Gasteiger partial charge in [0.1, 0.15) is 0 Å². The minimum absolute atomic E-state index is 0. The molecule has 0 aromatic heterocycles. The van der Waals surface area contributed by atoms with Gasteiger partial charge in [0.15, 0.2) is 0 Å². The van der Waals surface area contributed by atoms with Crippen LogP contribution in [0.2, 0.25) is 0 Å². The number of hydrogen-bond donors (Lipinski definition) is 1. The van der Waals surface area contributed by atoms with Gasteiger partial charge in [0.05, 0.1) is 4.92 Å². The van der Waals surface area contributed by atoms with Crippen molar-refractivity contribution in [2.75, 3.05) is 26.7 Å². The number of benzene rings is 1. The zero-order valence-electron chi connectivity index (χ0n) is 12.9. The lowest BCUT2D eigenvalue weighted by molar-refractivity contribution is -0.385. The number of nitro benzene ring substituents is 1. The van der Waals surface area contributed by atoms with Gasteiger partial charge >= 0.3 is 0 Å². The van der Waals surface area contributed by atoms with E-state index in [9.17, 15) is 14.9 Å². The van der Waals surface area contributed by atoms with Gasteiger partial charge in [-0.1, -0.05) is 6.07 Å². The van der Waals surface area contributed by atoms with Crippen molar-refractivity contribution in [3.63, 3.8) is 0 Å². The van der Waals surface area contributed by atoms with Gasteiger partial charge in [-0.25, -0.2) is 0 Å². The Morgan fingerprint density at radius 2 is 2.05 bits per heavy atom. The van der Waals surface area contributed by atoms with Crippen LogP contribution in [0.1, 0.15) is 28.8 Å². The Bertz CT molecular complexity index is 543. The number of rotatable bonds is 4. The van der Waals surface area contributed by atoms with Crippen molar-refractivity contribution in [2.24, 2.45) is 5.92 Å². The molecule has 6 nitrogen and oxygen atoms in total. The lowest BCUT2D eigenvalue weighted by Gasteiger charge is -2.32. The second kappa shape index (κ2) is 8.10. The molecule has 1 amide bonds. The smallest absolute Gasteiger partial charge is 0.273 e. The fourth-order valence-corrected chi connectivity index (χ4v) is 2.75. The zero-order chi connectivity index (χ0) is 15.4. The van der Waals surface area contributed by atoms with Crippen LogP contribution in [-0.2, 0) is 0 Å². The Morgan fingerprint density at radius 1 is 1.41 bits per heavy atom. The summed E-state index contributed by atoms with van der Waals surface area (Å²) in [7, 11) is 1.93. The molecule has 122 valence electrons. The van der Waals surface area contributed by atoms with Crippen LogP contribution in [-0.4, -0.2) is 42.4 Å². The van der Waals surface area contributed by atoms with E-state index in [1.165, 1.54) is 6.07 Å². The minimum atomic E-state index is -0.439. The molecule has 1 fully saturated rings. The lowest BCUT2D eigenvalue weighted by Crippen LogP contribution is -2.40. The molecule has 0 spiro atoms. The summed E-state index contributed by atoms with van der Waals surface area (Å²) in [6.07, 6.45) is 1.95. The predicted molar refractivity (Wildman–Crippen MR) is 87.6 cm³/mol. The highest BCUT2D eigenvalue weighted by molar-refractivity contribution is 5.95. The van der Waals surface area contributed by atoms with Gasteiger partial charge in [0, 0.05) is 30.3 Å². The van der Waals surface area contributed by atoms with Crippen LogP contribution in [0.3, 0.4) is 0 Å². The standard InChI is InChI=1S/C15H21N3O3.ClH/c1-11-3-4-13(9-14(11)18(20)21)15(19)17-7-5-12(6-8-17)10-16-2;/h3-4,9,12,16H,5-8,10H2,1-2H3;1H. The monoisotopic (exact) mass is 327 g/mol. The predicted octanol–water partition coefficient (Wildman–Crippen LogP) is 2.40. The van der Waals surface area contributed by atoms with Crippen molar-refractivity contribution in [1.82, 2.24) is 10.2 Å². The number of aryl methyl sites for hydroxylation is 1. The molecule has 2 rings (SSSR count). The number of nitrogens with one attached hydrogen (secondary N) is 1. The van der Waals surface area contributed by atoms with Crippen LogP contribution in [0, 0.1) is 23.0 Å². The fraction of sp³-hybridized carbons (Fsp3) is 0.533. The van der Waals surface area contributed by atoms with Crippen molar-refractivity contribution in [3.05, 3.63) is 39.4 Å². The van der Waals surface area contributed by atoms with Crippen LogP contribution in [0.15, 0.2) is 18.2 Å². The third-order valence-electron chi connectivity index (χ3n) is 4.05. The van der Waals surface area contributed by atoms with Crippen LogP contribution < -0.4 is 5.32 Å². The number of piperidine rings is 1. The number of halogens is 1. The van der Waals surface area contributed by atoms with Gasteiger partial charge in [-0.3, -0.25) is 14.9 Å². The summed E-state index contributed by atoms with van der Waals surface area (Å²) in [6.45, 7) is 4.08. The molecule has 7 heteroatoms. The summed E-state index contributed by atoms with van der Waals surface area (Å²) in [5, 5.41) is 14.1. The molecule has 22 heavy (non-hydrogen) atoms. The first kappa shape index (κ1) is 18.4. The number of hydrogen-bond acceptors (Lipinski definition) is 4. The summed E-state index contributed by atoms with van der Waals surface area (Å²) < 4.78 is 0. The molecular formula is C15H22ClN3O3. The first-order valence-corrected chi connectivity index (χ1v) is 7.22. The maximum absolute atomic E-state index is 12.4. The van der Waals surface area contributed by atoms with Gasteiger partial charge in [-0.05, 0) is 45.3 Å². The topological polar surface area (TPSA) is 75.5 Å². The Kier molecular flexibility index (Phi) is 6.77. The number of carbonyl (C=O) groups excluding carboxylic acids is 1. The van der Waals surface area contributed by atoms with Crippen molar-refractivity contribution >= 4 is 24.0 Å². The van der Waals surface area contributed by atoms with Crippen LogP contribution in [0.25, 0.3) is 0 Å². The number of carbonyl (C=O) groups is 1. The molecule has 1 N–H and O–H groups in total. The Balaban J connectivity index is 0.00000242. The molecule has 0 radical (unpaired) electrons. The van der Waals surface area contributed by atoms with E-state index < -0.39 is 4.92 Å². The van der Waals surface area contributed by atoms with Crippen molar-refractivity contribution < 1.29 is 9.72 Å². The highest BCUT2D eigenvalue weighted by atomic mass is 35.5. The molecule has 0 unspecified atom stereocenters. The van der Waals surface area contributed by atoms with Crippen LogP contribution >= 0.6 is 12.4 Å². The second-order valence-corrected chi connectivity index (χ2v) is 5.55. The molecule has 1 heterocycles. The van der Waals surface area contributed by atoms with Crippen molar-refractivity contribution in [1.29, 1.82) is 0 Å². The van der Waals surface area contributed by atoms with Gasteiger partial charge < -0.3 is 10.2 Å². The Hall–Kier alpha value is -1.66. The molecule has 0 bridgehead atoms. The summed E-state index contributed by atoms with van der Waals surface area (Å²) in [5.41, 5.74) is 0.981. The highest BCUT2D eigenvalue weighted by Crippen LogP contribution is 2.22.